The van der Waals surface area contributed by atoms with E-state index in [2.05, 4.69) is 10.6 Å². The van der Waals surface area contributed by atoms with E-state index in [-0.39, 0.29) is 24.5 Å². The van der Waals surface area contributed by atoms with E-state index in [0.29, 0.717) is 6.54 Å². The number of carbonyl (C=O) groups excluding carboxylic acids is 2. The van der Waals surface area contributed by atoms with Crippen LogP contribution in [-0.2, 0) is 11.2 Å². The third kappa shape index (κ3) is 4.19. The molecular formula is C15H22N4O2. The molecule has 1 atom stereocenters. The summed E-state index contributed by atoms with van der Waals surface area (Å²) in [6.45, 7) is 4.40. The van der Waals surface area contributed by atoms with E-state index < -0.39 is 6.03 Å². The van der Waals surface area contributed by atoms with Gasteiger partial charge in [-0.15, -0.1) is 0 Å². The van der Waals surface area contributed by atoms with Crippen LogP contribution in [0, 0.1) is 0 Å². The molecule has 6 heteroatoms. The smallest absolute Gasteiger partial charge is 0.321 e. The van der Waals surface area contributed by atoms with Crippen LogP contribution < -0.4 is 21.3 Å². The topological polar surface area (TPSA) is 87.5 Å². The highest BCUT2D eigenvalue weighted by atomic mass is 16.2. The summed E-state index contributed by atoms with van der Waals surface area (Å²) in [6.07, 6.45) is 0.808. The van der Waals surface area contributed by atoms with Gasteiger partial charge in [0.2, 0.25) is 5.91 Å². The standard InChI is InChI=1S/C15H22N4O2/c1-10(2)17-15(21)18-14(20)9-19-8-12(16)7-11-5-3-4-6-13(11)19/h3-6,10,12H,7-9,16H2,1-2H3,(H2,17,18,20,21). The molecule has 6 nitrogen and oxygen atoms in total. The predicted octanol–water partition coefficient (Wildman–Crippen LogP) is 0.611. The van der Waals surface area contributed by atoms with Crippen LogP contribution in [0.1, 0.15) is 19.4 Å². The van der Waals surface area contributed by atoms with Crippen LogP contribution in [0.25, 0.3) is 0 Å². The van der Waals surface area contributed by atoms with Crippen LogP contribution in [-0.4, -0.2) is 37.1 Å². The summed E-state index contributed by atoms with van der Waals surface area (Å²) >= 11 is 0. The number of benzene rings is 1. The number of imide groups is 1. The molecule has 0 aliphatic carbocycles. The van der Waals surface area contributed by atoms with Gasteiger partial charge in [0.15, 0.2) is 0 Å². The van der Waals surface area contributed by atoms with Crippen LogP contribution in [0.5, 0.6) is 0 Å². The van der Waals surface area contributed by atoms with E-state index in [1.54, 1.807) is 0 Å². The van der Waals surface area contributed by atoms with E-state index >= 15 is 0 Å². The lowest BCUT2D eigenvalue weighted by molar-refractivity contribution is -0.118. The minimum atomic E-state index is -0.468. The van der Waals surface area contributed by atoms with Gasteiger partial charge in [-0.25, -0.2) is 4.79 Å². The second-order valence-corrected chi connectivity index (χ2v) is 5.65. The minimum Gasteiger partial charge on any atom is -0.360 e. The number of anilines is 1. The Hall–Kier alpha value is -2.08. The Labute approximate surface area is 124 Å². The lowest BCUT2D eigenvalue weighted by Gasteiger charge is -2.34. The molecule has 4 N–H and O–H groups in total. The van der Waals surface area contributed by atoms with Gasteiger partial charge in [-0.1, -0.05) is 18.2 Å². The number of hydrogen-bond donors (Lipinski definition) is 3. The van der Waals surface area contributed by atoms with Crippen molar-refractivity contribution in [3.8, 4) is 0 Å². The number of carbonyl (C=O) groups is 2. The Bertz CT molecular complexity index is 530. The van der Waals surface area contributed by atoms with Gasteiger partial charge < -0.3 is 16.0 Å². The van der Waals surface area contributed by atoms with Gasteiger partial charge in [0.1, 0.15) is 0 Å². The highest BCUT2D eigenvalue weighted by molar-refractivity contribution is 5.96. The number of para-hydroxylation sites is 1. The van der Waals surface area contributed by atoms with E-state index in [1.165, 1.54) is 0 Å². The normalized spacial score (nSPS) is 17.3. The molecule has 1 aromatic carbocycles. The molecular weight excluding hydrogens is 268 g/mol. The lowest BCUT2D eigenvalue weighted by Crippen LogP contribution is -2.50. The van der Waals surface area contributed by atoms with Gasteiger partial charge in [0, 0.05) is 24.3 Å². The molecule has 1 aliphatic heterocycles. The van der Waals surface area contributed by atoms with Crippen LogP contribution >= 0.6 is 0 Å². The Kier molecular flexibility index (Phi) is 4.80. The summed E-state index contributed by atoms with van der Waals surface area (Å²) in [6, 6.07) is 7.41. The van der Waals surface area contributed by atoms with Crippen molar-refractivity contribution in [2.75, 3.05) is 18.0 Å². The average molecular weight is 290 g/mol. The molecule has 0 radical (unpaired) electrons. The highest BCUT2D eigenvalue weighted by Gasteiger charge is 2.23. The monoisotopic (exact) mass is 290 g/mol. The molecule has 1 unspecified atom stereocenters. The summed E-state index contributed by atoms with van der Waals surface area (Å²) in [5, 5.41) is 4.96. The maximum absolute atomic E-state index is 12.0. The van der Waals surface area contributed by atoms with Gasteiger partial charge >= 0.3 is 6.03 Å². The van der Waals surface area contributed by atoms with Gasteiger partial charge in [-0.3, -0.25) is 10.1 Å². The number of urea groups is 1. The molecule has 2 rings (SSSR count). The molecule has 114 valence electrons. The maximum atomic E-state index is 12.0. The van der Waals surface area contributed by atoms with Gasteiger partial charge in [0.05, 0.1) is 6.54 Å². The first-order valence-electron chi connectivity index (χ1n) is 7.14. The fourth-order valence-corrected chi connectivity index (χ4v) is 2.51. The largest absolute Gasteiger partial charge is 0.360 e. The molecule has 1 heterocycles. The third-order valence-corrected chi connectivity index (χ3v) is 3.28. The molecule has 21 heavy (non-hydrogen) atoms. The van der Waals surface area contributed by atoms with Crippen molar-refractivity contribution in [2.24, 2.45) is 5.73 Å². The van der Waals surface area contributed by atoms with Crippen molar-refractivity contribution >= 4 is 17.6 Å². The third-order valence-electron chi connectivity index (χ3n) is 3.28. The summed E-state index contributed by atoms with van der Waals surface area (Å²) in [7, 11) is 0. The SMILES string of the molecule is CC(C)NC(=O)NC(=O)CN1CC(N)Cc2ccccc21. The summed E-state index contributed by atoms with van der Waals surface area (Å²) in [5.74, 6) is -0.336. The number of rotatable bonds is 3. The Morgan fingerprint density at radius 2 is 2.10 bits per heavy atom. The zero-order valence-electron chi connectivity index (χ0n) is 12.4. The summed E-state index contributed by atoms with van der Waals surface area (Å²) < 4.78 is 0. The minimum absolute atomic E-state index is 0.00260. The molecule has 0 aromatic heterocycles. The second-order valence-electron chi connectivity index (χ2n) is 5.65. The zero-order valence-corrected chi connectivity index (χ0v) is 12.4. The first-order chi connectivity index (χ1) is 9.95. The van der Waals surface area contributed by atoms with E-state index in [0.717, 1.165) is 17.7 Å². The van der Waals surface area contributed by atoms with Crippen molar-refractivity contribution in [3.05, 3.63) is 29.8 Å². The van der Waals surface area contributed by atoms with Gasteiger partial charge in [0.25, 0.3) is 0 Å². The predicted molar refractivity (Wildman–Crippen MR) is 82.1 cm³/mol. The lowest BCUT2D eigenvalue weighted by atomic mass is 9.98. The molecule has 1 aromatic rings. The van der Waals surface area contributed by atoms with Crippen molar-refractivity contribution < 1.29 is 9.59 Å². The molecule has 0 saturated carbocycles. The maximum Gasteiger partial charge on any atom is 0.321 e. The van der Waals surface area contributed by atoms with Crippen molar-refractivity contribution in [2.45, 2.75) is 32.4 Å². The fourth-order valence-electron chi connectivity index (χ4n) is 2.51. The van der Waals surface area contributed by atoms with Gasteiger partial charge in [-0.2, -0.15) is 0 Å². The Balaban J connectivity index is 1.99. The highest BCUT2D eigenvalue weighted by Crippen LogP contribution is 2.25. The molecule has 0 bridgehead atoms. The fraction of sp³-hybridized carbons (Fsp3) is 0.467. The Morgan fingerprint density at radius 1 is 1.38 bits per heavy atom. The number of nitrogens with two attached hydrogens (primary N) is 1. The summed E-state index contributed by atoms with van der Waals surface area (Å²) in [5.41, 5.74) is 8.18. The van der Waals surface area contributed by atoms with Crippen molar-refractivity contribution in [1.82, 2.24) is 10.6 Å². The van der Waals surface area contributed by atoms with E-state index in [4.69, 9.17) is 5.73 Å². The molecule has 1 aliphatic rings. The Morgan fingerprint density at radius 3 is 2.81 bits per heavy atom. The quantitative estimate of drug-likeness (QED) is 0.761. The number of fused-ring (bicyclic) bond motifs is 1. The number of nitrogens with zero attached hydrogens (tertiary/aromatic N) is 1. The molecule has 0 fully saturated rings. The van der Waals surface area contributed by atoms with Gasteiger partial charge in [-0.05, 0) is 31.9 Å². The van der Waals surface area contributed by atoms with Crippen LogP contribution in [0.2, 0.25) is 0 Å². The zero-order chi connectivity index (χ0) is 15.4. The van der Waals surface area contributed by atoms with Crippen LogP contribution in [0.15, 0.2) is 24.3 Å². The van der Waals surface area contributed by atoms with Crippen molar-refractivity contribution in [3.63, 3.8) is 0 Å². The number of nitrogens with one attached hydrogen (secondary N) is 2. The van der Waals surface area contributed by atoms with Crippen molar-refractivity contribution in [1.29, 1.82) is 0 Å². The van der Waals surface area contributed by atoms with E-state index in [9.17, 15) is 9.59 Å². The van der Waals surface area contributed by atoms with E-state index in [1.807, 2.05) is 43.0 Å². The first-order valence-corrected chi connectivity index (χ1v) is 7.14. The van der Waals surface area contributed by atoms with Crippen LogP contribution in [0.4, 0.5) is 10.5 Å². The number of hydrogen-bond acceptors (Lipinski definition) is 4. The van der Waals surface area contributed by atoms with Crippen LogP contribution in [0.3, 0.4) is 0 Å². The summed E-state index contributed by atoms with van der Waals surface area (Å²) in [4.78, 5) is 25.4. The number of amides is 3. The molecule has 0 saturated heterocycles. The molecule has 3 amide bonds. The average Bonchev–Trinajstić information content (AvgIpc) is 2.37. The first kappa shape index (κ1) is 15.3. The second kappa shape index (κ2) is 6.58. The molecule has 0 spiro atoms.